The summed E-state index contributed by atoms with van der Waals surface area (Å²) in [6, 6.07) is 29.9. The Hall–Kier alpha value is -4.22. The van der Waals surface area contributed by atoms with Gasteiger partial charge in [-0.2, -0.15) is 0 Å². The van der Waals surface area contributed by atoms with E-state index in [4.69, 9.17) is 10.1 Å². The molecule has 0 aliphatic heterocycles. The third kappa shape index (κ3) is 4.86. The van der Waals surface area contributed by atoms with Crippen LogP contribution in [0.15, 0.2) is 91.0 Å². The number of benzene rings is 3. The first-order valence-electron chi connectivity index (χ1n) is 11.0. The van der Waals surface area contributed by atoms with E-state index in [0.29, 0.717) is 5.92 Å². The number of pyridine rings is 1. The molecule has 0 saturated heterocycles. The van der Waals surface area contributed by atoms with Gasteiger partial charge in [-0.05, 0) is 58.5 Å². The molecule has 0 saturated carbocycles. The number of carboxylic acids is 1. The van der Waals surface area contributed by atoms with Gasteiger partial charge in [0.25, 0.3) is 0 Å². The number of nitrogens with one attached hydrogen (secondary N) is 1. The summed E-state index contributed by atoms with van der Waals surface area (Å²) < 4.78 is 0. The summed E-state index contributed by atoms with van der Waals surface area (Å²) in [7, 11) is 0. The van der Waals surface area contributed by atoms with Crippen molar-refractivity contribution in [1.29, 1.82) is 0 Å². The number of hydrogen-bond acceptors (Lipinski definition) is 2. The number of carbonyl (C=O) groups is 1. The van der Waals surface area contributed by atoms with Gasteiger partial charge in [0.15, 0.2) is 0 Å². The van der Waals surface area contributed by atoms with E-state index in [-0.39, 0.29) is 18.5 Å². The van der Waals surface area contributed by atoms with E-state index in [2.05, 4.69) is 67.4 Å². The standard InChI is InChI=1S/C29H24N2O2.CH4.H2O/c1-18(2)22-9-6-10-23-24(19-7-4-3-5-8-19)17-27(31-28(22)23)26-16-15-25(30-26)20-11-13-21(14-12-20)29(32)33;;/h3-18,30H,1-2H3,(H,32,33);1H4;1H2. The summed E-state index contributed by atoms with van der Waals surface area (Å²) in [6.07, 6.45) is 0. The highest BCUT2D eigenvalue weighted by Crippen LogP contribution is 2.35. The second-order valence-electron chi connectivity index (χ2n) is 8.49. The predicted octanol–water partition coefficient (Wildman–Crippen LogP) is 7.20. The van der Waals surface area contributed by atoms with Crippen LogP contribution in [0.3, 0.4) is 0 Å². The average molecular weight is 467 g/mol. The molecule has 178 valence electrons. The molecule has 5 aromatic rings. The molecular weight excluding hydrogens is 436 g/mol. The van der Waals surface area contributed by atoms with Gasteiger partial charge in [-0.15, -0.1) is 0 Å². The van der Waals surface area contributed by atoms with Crippen molar-refractivity contribution in [2.45, 2.75) is 27.2 Å². The lowest BCUT2D eigenvalue weighted by Crippen LogP contribution is -1.96. The Labute approximate surface area is 205 Å². The lowest BCUT2D eigenvalue weighted by Gasteiger charge is -2.14. The molecule has 5 rings (SSSR count). The molecule has 0 atom stereocenters. The number of fused-ring (bicyclic) bond motifs is 1. The van der Waals surface area contributed by atoms with Crippen molar-refractivity contribution in [3.05, 3.63) is 102 Å². The zero-order valence-corrected chi connectivity index (χ0v) is 19.0. The highest BCUT2D eigenvalue weighted by Gasteiger charge is 2.15. The monoisotopic (exact) mass is 466 g/mol. The number of hydrogen-bond donors (Lipinski definition) is 2. The quantitative estimate of drug-likeness (QED) is 0.287. The minimum atomic E-state index is -0.927. The van der Waals surface area contributed by atoms with Crippen molar-refractivity contribution in [3.8, 4) is 33.8 Å². The Bertz CT molecular complexity index is 1450. The van der Waals surface area contributed by atoms with Crippen molar-refractivity contribution < 1.29 is 15.4 Å². The molecule has 4 N–H and O–H groups in total. The largest absolute Gasteiger partial charge is 0.478 e. The van der Waals surface area contributed by atoms with Crippen molar-refractivity contribution >= 4 is 16.9 Å². The minimum absolute atomic E-state index is 0. The lowest BCUT2D eigenvalue weighted by molar-refractivity contribution is 0.0697. The van der Waals surface area contributed by atoms with Crippen LogP contribution in [0.4, 0.5) is 0 Å². The molecule has 0 amide bonds. The Kier molecular flexibility index (Phi) is 7.52. The SMILES string of the molecule is C.CC(C)c1cccc2c(-c3ccccc3)cc(-c3ccc(-c4ccc(C(=O)O)cc4)[nH]3)nc12.O. The number of aromatic amines is 1. The molecule has 0 unspecified atom stereocenters. The maximum atomic E-state index is 11.2. The van der Waals surface area contributed by atoms with Crippen molar-refractivity contribution in [3.63, 3.8) is 0 Å². The second kappa shape index (κ2) is 10.4. The maximum Gasteiger partial charge on any atom is 0.335 e. The molecule has 5 nitrogen and oxygen atoms in total. The van der Waals surface area contributed by atoms with Crippen LogP contribution in [-0.4, -0.2) is 26.5 Å². The number of nitrogens with zero attached hydrogens (tertiary/aromatic N) is 1. The molecule has 0 radical (unpaired) electrons. The van der Waals surface area contributed by atoms with E-state index >= 15 is 0 Å². The van der Waals surface area contributed by atoms with Gasteiger partial charge in [-0.25, -0.2) is 9.78 Å². The molecule has 5 heteroatoms. The number of aromatic carboxylic acids is 1. The normalized spacial score (nSPS) is 10.6. The van der Waals surface area contributed by atoms with Gasteiger partial charge in [-0.1, -0.05) is 81.9 Å². The number of carboxylic acid groups (broad SMARTS) is 1. The van der Waals surface area contributed by atoms with Crippen LogP contribution in [0.2, 0.25) is 0 Å². The number of rotatable bonds is 5. The molecule has 2 heterocycles. The highest BCUT2D eigenvalue weighted by atomic mass is 16.4. The molecule has 3 aromatic carbocycles. The molecular formula is C30H30N2O3. The number of aromatic nitrogens is 2. The zero-order chi connectivity index (χ0) is 22.9. The van der Waals surface area contributed by atoms with Gasteiger partial charge in [0, 0.05) is 11.1 Å². The van der Waals surface area contributed by atoms with Crippen LogP contribution >= 0.6 is 0 Å². The first kappa shape index (κ1) is 25.4. The molecule has 0 fully saturated rings. The first-order valence-corrected chi connectivity index (χ1v) is 11.0. The lowest BCUT2D eigenvalue weighted by atomic mass is 9.94. The van der Waals surface area contributed by atoms with Crippen LogP contribution in [0.1, 0.15) is 43.1 Å². The molecule has 0 aliphatic carbocycles. The Balaban J connectivity index is 0.00000171. The highest BCUT2D eigenvalue weighted by molar-refractivity contribution is 5.98. The van der Waals surface area contributed by atoms with E-state index in [9.17, 15) is 4.79 Å². The van der Waals surface area contributed by atoms with Crippen molar-refractivity contribution in [2.75, 3.05) is 0 Å². The Morgan fingerprint density at radius 1 is 0.829 bits per heavy atom. The van der Waals surface area contributed by atoms with Crippen molar-refractivity contribution in [2.24, 2.45) is 0 Å². The fraction of sp³-hybridized carbons (Fsp3) is 0.133. The summed E-state index contributed by atoms with van der Waals surface area (Å²) in [4.78, 5) is 19.7. The summed E-state index contributed by atoms with van der Waals surface area (Å²) >= 11 is 0. The minimum Gasteiger partial charge on any atom is -0.478 e. The molecule has 0 aliphatic rings. The number of para-hydroxylation sites is 1. The van der Waals surface area contributed by atoms with E-state index in [0.717, 1.165) is 44.7 Å². The van der Waals surface area contributed by atoms with Gasteiger partial charge in [0.2, 0.25) is 0 Å². The van der Waals surface area contributed by atoms with Gasteiger partial charge < -0.3 is 15.6 Å². The average Bonchev–Trinajstić information content (AvgIpc) is 3.34. The Morgan fingerprint density at radius 3 is 2.17 bits per heavy atom. The smallest absolute Gasteiger partial charge is 0.335 e. The van der Waals surface area contributed by atoms with E-state index < -0.39 is 5.97 Å². The van der Waals surface area contributed by atoms with Crippen LogP contribution in [0.25, 0.3) is 44.7 Å². The number of H-pyrrole nitrogens is 1. The molecule has 35 heavy (non-hydrogen) atoms. The van der Waals surface area contributed by atoms with Gasteiger partial charge >= 0.3 is 5.97 Å². The van der Waals surface area contributed by atoms with Crippen molar-refractivity contribution in [1.82, 2.24) is 9.97 Å². The van der Waals surface area contributed by atoms with Crippen LogP contribution < -0.4 is 0 Å². The van der Waals surface area contributed by atoms with E-state index in [1.165, 1.54) is 5.56 Å². The summed E-state index contributed by atoms with van der Waals surface area (Å²) in [6.45, 7) is 4.39. The van der Waals surface area contributed by atoms with Gasteiger partial charge in [-0.3, -0.25) is 0 Å². The second-order valence-corrected chi connectivity index (χ2v) is 8.49. The molecule has 0 bridgehead atoms. The third-order valence-electron chi connectivity index (χ3n) is 5.98. The maximum absolute atomic E-state index is 11.2. The summed E-state index contributed by atoms with van der Waals surface area (Å²) in [5, 5.41) is 10.3. The summed E-state index contributed by atoms with van der Waals surface area (Å²) in [5.74, 6) is -0.574. The fourth-order valence-electron chi connectivity index (χ4n) is 4.24. The topological polar surface area (TPSA) is 97.5 Å². The van der Waals surface area contributed by atoms with Crippen LogP contribution in [0, 0.1) is 0 Å². The van der Waals surface area contributed by atoms with Gasteiger partial charge in [0.05, 0.1) is 22.5 Å². The summed E-state index contributed by atoms with van der Waals surface area (Å²) in [5.41, 5.74) is 8.47. The van der Waals surface area contributed by atoms with Crippen LogP contribution in [0.5, 0.6) is 0 Å². The van der Waals surface area contributed by atoms with Gasteiger partial charge in [0.1, 0.15) is 0 Å². The van der Waals surface area contributed by atoms with E-state index in [1.807, 2.05) is 30.3 Å². The predicted molar refractivity (Wildman–Crippen MR) is 144 cm³/mol. The van der Waals surface area contributed by atoms with E-state index in [1.54, 1.807) is 12.1 Å². The Morgan fingerprint density at radius 2 is 1.51 bits per heavy atom. The van der Waals surface area contributed by atoms with Crippen LogP contribution in [-0.2, 0) is 0 Å². The zero-order valence-electron chi connectivity index (χ0n) is 19.0. The first-order chi connectivity index (χ1) is 16.0. The molecule has 2 aromatic heterocycles. The third-order valence-corrected chi connectivity index (χ3v) is 5.98. The fourth-order valence-corrected chi connectivity index (χ4v) is 4.24. The molecule has 0 spiro atoms.